The smallest absolute Gasteiger partial charge is 0.306 e. The third-order valence-electron chi connectivity index (χ3n) is 5.89. The first-order chi connectivity index (χ1) is 11.5. The number of hydrogen-bond acceptors (Lipinski definition) is 2. The average molecular weight is 329 g/mol. The van der Waals surface area contributed by atoms with Gasteiger partial charge in [0.15, 0.2) is 0 Å². The molecule has 1 saturated carbocycles. The Hall–Kier alpha value is -1.84. The maximum absolute atomic E-state index is 12.6. The van der Waals surface area contributed by atoms with Gasteiger partial charge in [-0.25, -0.2) is 0 Å². The van der Waals surface area contributed by atoms with Crippen LogP contribution < -0.4 is 5.32 Å². The van der Waals surface area contributed by atoms with Gasteiger partial charge in [-0.3, -0.25) is 9.59 Å². The maximum Gasteiger partial charge on any atom is 0.306 e. The molecule has 1 aromatic rings. The van der Waals surface area contributed by atoms with E-state index in [0.29, 0.717) is 19.4 Å². The molecule has 1 aromatic carbocycles. The minimum atomic E-state index is -0.763. The van der Waals surface area contributed by atoms with Crippen LogP contribution in [0, 0.1) is 11.8 Å². The second kappa shape index (κ2) is 6.96. The third kappa shape index (κ3) is 3.47. The Balaban J connectivity index is 1.63. The Kier molecular flexibility index (Phi) is 4.93. The van der Waals surface area contributed by atoms with Crippen LogP contribution in [0.15, 0.2) is 24.3 Å². The van der Waals surface area contributed by atoms with E-state index in [2.05, 4.69) is 36.5 Å². The number of carbonyl (C=O) groups excluding carboxylic acids is 1. The van der Waals surface area contributed by atoms with Crippen LogP contribution in [0.4, 0.5) is 0 Å². The quantitative estimate of drug-likeness (QED) is 0.891. The van der Waals surface area contributed by atoms with Crippen LogP contribution in [0.2, 0.25) is 0 Å². The topological polar surface area (TPSA) is 66.4 Å². The fourth-order valence-corrected chi connectivity index (χ4v) is 4.39. The van der Waals surface area contributed by atoms with E-state index in [9.17, 15) is 14.7 Å². The van der Waals surface area contributed by atoms with Crippen molar-refractivity contribution in [2.45, 2.75) is 57.3 Å². The van der Waals surface area contributed by atoms with Crippen LogP contribution >= 0.6 is 0 Å². The minimum Gasteiger partial charge on any atom is -0.481 e. The third-order valence-corrected chi connectivity index (χ3v) is 5.89. The van der Waals surface area contributed by atoms with Gasteiger partial charge < -0.3 is 10.4 Å². The van der Waals surface area contributed by atoms with Crippen molar-refractivity contribution < 1.29 is 14.7 Å². The zero-order chi connectivity index (χ0) is 17.2. The molecule has 24 heavy (non-hydrogen) atoms. The standard InChI is InChI=1S/C20H27NO3/c1-20(11-5-9-14-6-2-3-10-17(14)20)13-21-18(22)15-7-4-8-16(12-15)19(23)24/h2-3,6,10,15-16H,4-5,7-9,11-13H2,1H3,(H,21,22)(H,23,24). The molecule has 4 heteroatoms. The number of carboxylic acid groups (broad SMARTS) is 1. The molecule has 0 radical (unpaired) electrons. The van der Waals surface area contributed by atoms with Crippen molar-refractivity contribution in [3.8, 4) is 0 Å². The summed E-state index contributed by atoms with van der Waals surface area (Å²) in [6.45, 7) is 2.86. The molecule has 3 atom stereocenters. The monoisotopic (exact) mass is 329 g/mol. The van der Waals surface area contributed by atoms with E-state index in [1.807, 2.05) is 0 Å². The molecule has 3 rings (SSSR count). The van der Waals surface area contributed by atoms with Gasteiger partial charge in [0.2, 0.25) is 5.91 Å². The first kappa shape index (κ1) is 17.0. The van der Waals surface area contributed by atoms with Crippen molar-refractivity contribution in [1.29, 1.82) is 0 Å². The highest BCUT2D eigenvalue weighted by Crippen LogP contribution is 2.37. The van der Waals surface area contributed by atoms with Gasteiger partial charge in [-0.2, -0.15) is 0 Å². The molecule has 0 aliphatic heterocycles. The SMILES string of the molecule is CC1(CNC(=O)C2CCCC(C(=O)O)C2)CCCc2ccccc21. The van der Waals surface area contributed by atoms with Crippen molar-refractivity contribution >= 4 is 11.9 Å². The van der Waals surface area contributed by atoms with E-state index in [-0.39, 0.29) is 23.2 Å². The molecule has 0 saturated heterocycles. The summed E-state index contributed by atoms with van der Waals surface area (Å²) in [5.74, 6) is -1.24. The number of aliphatic carboxylic acids is 1. The summed E-state index contributed by atoms with van der Waals surface area (Å²) in [5, 5.41) is 12.3. The lowest BCUT2D eigenvalue weighted by atomic mass is 9.71. The van der Waals surface area contributed by atoms with E-state index in [4.69, 9.17) is 0 Å². The largest absolute Gasteiger partial charge is 0.481 e. The molecule has 3 unspecified atom stereocenters. The fourth-order valence-electron chi connectivity index (χ4n) is 4.39. The summed E-state index contributed by atoms with van der Waals surface area (Å²) >= 11 is 0. The molecule has 2 N–H and O–H groups in total. The van der Waals surface area contributed by atoms with Gasteiger partial charge in [0, 0.05) is 17.9 Å². The number of nitrogens with one attached hydrogen (secondary N) is 1. The molecule has 0 aromatic heterocycles. The van der Waals surface area contributed by atoms with Crippen LogP contribution in [-0.4, -0.2) is 23.5 Å². The van der Waals surface area contributed by atoms with E-state index in [1.54, 1.807) is 0 Å². The van der Waals surface area contributed by atoms with Gasteiger partial charge in [-0.15, -0.1) is 0 Å². The lowest BCUT2D eigenvalue weighted by Crippen LogP contribution is -2.44. The number of rotatable bonds is 4. The van der Waals surface area contributed by atoms with Crippen molar-refractivity contribution in [3.63, 3.8) is 0 Å². The average Bonchev–Trinajstić information content (AvgIpc) is 2.60. The Labute approximate surface area is 143 Å². The van der Waals surface area contributed by atoms with E-state index in [1.165, 1.54) is 11.1 Å². The zero-order valence-electron chi connectivity index (χ0n) is 14.4. The number of benzene rings is 1. The summed E-state index contributed by atoms with van der Waals surface area (Å²) in [5.41, 5.74) is 2.72. The predicted octanol–water partition coefficient (Wildman–Crippen LogP) is 3.29. The molecule has 1 amide bonds. The molecule has 2 aliphatic rings. The van der Waals surface area contributed by atoms with E-state index in [0.717, 1.165) is 32.1 Å². The summed E-state index contributed by atoms with van der Waals surface area (Å²) < 4.78 is 0. The highest BCUT2D eigenvalue weighted by Gasteiger charge is 2.34. The summed E-state index contributed by atoms with van der Waals surface area (Å²) in [6, 6.07) is 8.52. The lowest BCUT2D eigenvalue weighted by Gasteiger charge is -2.37. The molecule has 0 heterocycles. The van der Waals surface area contributed by atoms with Crippen molar-refractivity contribution in [2.24, 2.45) is 11.8 Å². The summed E-state index contributed by atoms with van der Waals surface area (Å²) in [6.07, 6.45) is 6.15. The van der Waals surface area contributed by atoms with Crippen LogP contribution in [0.3, 0.4) is 0 Å². The fraction of sp³-hybridized carbons (Fsp3) is 0.600. The van der Waals surface area contributed by atoms with E-state index >= 15 is 0 Å². The van der Waals surface area contributed by atoms with Crippen LogP contribution in [-0.2, 0) is 21.4 Å². The zero-order valence-corrected chi connectivity index (χ0v) is 14.4. The first-order valence-corrected chi connectivity index (χ1v) is 9.08. The molecular weight excluding hydrogens is 302 g/mol. The number of carboxylic acids is 1. The van der Waals surface area contributed by atoms with Gasteiger partial charge in [0.1, 0.15) is 0 Å². The second-order valence-corrected chi connectivity index (χ2v) is 7.69. The summed E-state index contributed by atoms with van der Waals surface area (Å²) in [7, 11) is 0. The molecule has 0 bridgehead atoms. The van der Waals surface area contributed by atoms with Gasteiger partial charge >= 0.3 is 5.97 Å². The highest BCUT2D eigenvalue weighted by atomic mass is 16.4. The van der Waals surface area contributed by atoms with Crippen LogP contribution in [0.1, 0.15) is 56.6 Å². The number of hydrogen-bond donors (Lipinski definition) is 2. The summed E-state index contributed by atoms with van der Waals surface area (Å²) in [4.78, 5) is 23.7. The number of fused-ring (bicyclic) bond motifs is 1. The van der Waals surface area contributed by atoms with E-state index < -0.39 is 5.97 Å². The molecule has 1 fully saturated rings. The van der Waals surface area contributed by atoms with Gasteiger partial charge in [-0.05, 0) is 49.7 Å². The van der Waals surface area contributed by atoms with Gasteiger partial charge in [0.05, 0.1) is 5.92 Å². The molecular formula is C20H27NO3. The molecule has 130 valence electrons. The Morgan fingerprint density at radius 2 is 1.96 bits per heavy atom. The Morgan fingerprint density at radius 1 is 1.21 bits per heavy atom. The number of aryl methyl sites for hydroxylation is 1. The Bertz CT molecular complexity index is 627. The lowest BCUT2D eigenvalue weighted by molar-refractivity contribution is -0.144. The van der Waals surface area contributed by atoms with Crippen LogP contribution in [0.5, 0.6) is 0 Å². The molecule has 4 nitrogen and oxygen atoms in total. The Morgan fingerprint density at radius 3 is 2.75 bits per heavy atom. The van der Waals surface area contributed by atoms with Gasteiger partial charge in [-0.1, -0.05) is 37.6 Å². The minimum absolute atomic E-state index is 0.0225. The van der Waals surface area contributed by atoms with Crippen LogP contribution in [0.25, 0.3) is 0 Å². The predicted molar refractivity (Wildman–Crippen MR) is 92.8 cm³/mol. The van der Waals surface area contributed by atoms with Gasteiger partial charge in [0.25, 0.3) is 0 Å². The van der Waals surface area contributed by atoms with Crippen molar-refractivity contribution in [2.75, 3.05) is 6.54 Å². The molecule has 2 aliphatic carbocycles. The first-order valence-electron chi connectivity index (χ1n) is 9.08. The highest BCUT2D eigenvalue weighted by molar-refractivity contribution is 5.80. The number of carbonyl (C=O) groups is 2. The van der Waals surface area contributed by atoms with Crippen molar-refractivity contribution in [1.82, 2.24) is 5.32 Å². The second-order valence-electron chi connectivity index (χ2n) is 7.69. The maximum atomic E-state index is 12.6. The number of amides is 1. The normalized spacial score (nSPS) is 29.5. The molecule has 0 spiro atoms. The van der Waals surface area contributed by atoms with Crippen molar-refractivity contribution in [3.05, 3.63) is 35.4 Å².